The molecule has 0 bridgehead atoms. The van der Waals surface area contributed by atoms with E-state index in [1.54, 1.807) is 31.4 Å². The van der Waals surface area contributed by atoms with Crippen LogP contribution in [0.25, 0.3) is 0 Å². The Morgan fingerprint density at radius 1 is 1.07 bits per heavy atom. The van der Waals surface area contributed by atoms with Gasteiger partial charge in [-0.15, -0.1) is 0 Å². The van der Waals surface area contributed by atoms with Gasteiger partial charge in [0, 0.05) is 12.8 Å². The summed E-state index contributed by atoms with van der Waals surface area (Å²) in [6.07, 6.45) is 4.52. The number of nitrogens with zero attached hydrogens (tertiary/aromatic N) is 1. The molecule has 2 aliphatic heterocycles. The number of amides is 2. The fourth-order valence-electron chi connectivity index (χ4n) is 4.54. The number of nitrogens with one attached hydrogen (secondary N) is 1. The van der Waals surface area contributed by atoms with Crippen molar-refractivity contribution in [1.82, 2.24) is 0 Å². The molecule has 0 spiro atoms. The summed E-state index contributed by atoms with van der Waals surface area (Å²) >= 11 is 0. The van der Waals surface area contributed by atoms with Gasteiger partial charge in [0.05, 0.1) is 31.9 Å². The Morgan fingerprint density at radius 2 is 1.78 bits per heavy atom. The summed E-state index contributed by atoms with van der Waals surface area (Å²) in [6, 6.07) is 7.12. The molecule has 0 saturated carbocycles. The van der Waals surface area contributed by atoms with Crippen LogP contribution in [0.5, 0.6) is 5.75 Å². The van der Waals surface area contributed by atoms with E-state index in [4.69, 9.17) is 9.47 Å². The van der Waals surface area contributed by atoms with E-state index in [-0.39, 0.29) is 24.2 Å². The number of benzene rings is 1. The summed E-state index contributed by atoms with van der Waals surface area (Å²) < 4.78 is 10.7. The van der Waals surface area contributed by atoms with Crippen molar-refractivity contribution < 1.29 is 24.0 Å². The van der Waals surface area contributed by atoms with E-state index in [1.807, 2.05) is 0 Å². The lowest BCUT2D eigenvalue weighted by Gasteiger charge is -2.31. The highest BCUT2D eigenvalue weighted by Crippen LogP contribution is 2.36. The number of ether oxygens (including phenoxy) is 2. The van der Waals surface area contributed by atoms with Crippen LogP contribution in [0.2, 0.25) is 0 Å². The molecule has 4 rings (SSSR count). The maximum atomic E-state index is 13.2. The zero-order valence-corrected chi connectivity index (χ0v) is 15.8. The average Bonchev–Trinajstić information content (AvgIpc) is 3.02. The maximum absolute atomic E-state index is 13.2. The molecule has 1 N–H and O–H groups in total. The summed E-state index contributed by atoms with van der Waals surface area (Å²) in [5.74, 6) is 0.227. The molecule has 2 amide bonds. The monoisotopic (exact) mass is 371 g/mol. The number of allylic oxidation sites excluding steroid dienone is 1. The Balaban J connectivity index is 1.62. The van der Waals surface area contributed by atoms with Crippen molar-refractivity contribution in [3.63, 3.8) is 0 Å². The first-order valence-electron chi connectivity index (χ1n) is 9.84. The third kappa shape index (κ3) is 3.51. The van der Waals surface area contributed by atoms with Crippen molar-refractivity contribution in [3.05, 3.63) is 35.5 Å². The molecule has 1 atom stereocenters. The Hall–Kier alpha value is -2.18. The molecule has 3 aliphatic rings. The number of imide groups is 1. The molecule has 6 nitrogen and oxygen atoms in total. The minimum atomic E-state index is -0.301. The van der Waals surface area contributed by atoms with Gasteiger partial charge in [0.2, 0.25) is 11.8 Å². The first kappa shape index (κ1) is 18.2. The van der Waals surface area contributed by atoms with Crippen molar-refractivity contribution in [2.24, 2.45) is 5.92 Å². The predicted molar refractivity (Wildman–Crippen MR) is 101 cm³/mol. The number of carbonyl (C=O) groups is 2. The standard InChI is InChI=1S/C21H26N2O4/c1-26-16-8-6-15(7-9-16)23-20(24)14-18(21(23)25)17-4-2-3-5-19(17)22-10-12-27-13-11-22/h6-9,18H,2-5,10-14H2,1H3/p+1/t18-/m1/s1. The molecule has 6 heteroatoms. The fourth-order valence-corrected chi connectivity index (χ4v) is 4.54. The van der Waals surface area contributed by atoms with Crippen LogP contribution in [-0.4, -0.2) is 45.2 Å². The van der Waals surface area contributed by atoms with Crippen molar-refractivity contribution in [2.45, 2.75) is 32.1 Å². The van der Waals surface area contributed by atoms with Gasteiger partial charge in [-0.25, -0.2) is 0 Å². The van der Waals surface area contributed by atoms with E-state index < -0.39 is 0 Å². The third-order valence-corrected chi connectivity index (χ3v) is 5.93. The summed E-state index contributed by atoms with van der Waals surface area (Å²) in [5, 5.41) is 0. The number of hydrogen-bond acceptors (Lipinski definition) is 4. The Labute approximate surface area is 159 Å². The van der Waals surface area contributed by atoms with Crippen LogP contribution in [0.15, 0.2) is 35.5 Å². The van der Waals surface area contributed by atoms with Crippen molar-refractivity contribution in [2.75, 3.05) is 38.3 Å². The average molecular weight is 371 g/mol. The highest BCUT2D eigenvalue weighted by Gasteiger charge is 2.44. The van der Waals surface area contributed by atoms with Gasteiger partial charge >= 0.3 is 0 Å². The molecular weight excluding hydrogens is 344 g/mol. The van der Waals surface area contributed by atoms with Gasteiger partial charge in [0.1, 0.15) is 24.5 Å². The smallest absolute Gasteiger partial charge is 0.241 e. The van der Waals surface area contributed by atoms with Crippen LogP contribution in [0.1, 0.15) is 32.1 Å². The zero-order chi connectivity index (χ0) is 18.8. The number of anilines is 1. The molecule has 144 valence electrons. The molecule has 0 radical (unpaired) electrons. The van der Waals surface area contributed by atoms with E-state index in [2.05, 4.69) is 0 Å². The minimum absolute atomic E-state index is 0.0766. The molecule has 2 heterocycles. The SMILES string of the molecule is COc1ccc(N2C(=O)C[C@H](C3=C([NH+]4CCOCC4)CCCC3)C2=O)cc1. The summed E-state index contributed by atoms with van der Waals surface area (Å²) in [5.41, 5.74) is 3.21. The zero-order valence-electron chi connectivity index (χ0n) is 15.8. The maximum Gasteiger partial charge on any atom is 0.241 e. The minimum Gasteiger partial charge on any atom is -0.497 e. The summed E-state index contributed by atoms with van der Waals surface area (Å²) in [4.78, 5) is 28.7. The number of quaternary nitrogens is 1. The second-order valence-corrected chi connectivity index (χ2v) is 7.45. The van der Waals surface area contributed by atoms with Gasteiger partial charge in [-0.2, -0.15) is 0 Å². The van der Waals surface area contributed by atoms with Crippen LogP contribution in [0.3, 0.4) is 0 Å². The normalized spacial score (nSPS) is 24.6. The van der Waals surface area contributed by atoms with Gasteiger partial charge in [-0.1, -0.05) is 0 Å². The second kappa shape index (κ2) is 7.82. The van der Waals surface area contributed by atoms with Gasteiger partial charge in [0.25, 0.3) is 0 Å². The van der Waals surface area contributed by atoms with Gasteiger partial charge < -0.3 is 14.4 Å². The van der Waals surface area contributed by atoms with Crippen molar-refractivity contribution in [1.29, 1.82) is 0 Å². The molecule has 1 aliphatic carbocycles. The lowest BCUT2D eigenvalue weighted by atomic mass is 9.85. The summed E-state index contributed by atoms with van der Waals surface area (Å²) in [7, 11) is 1.60. The fraction of sp³-hybridized carbons (Fsp3) is 0.524. The van der Waals surface area contributed by atoms with Crippen LogP contribution in [-0.2, 0) is 14.3 Å². The number of rotatable bonds is 4. The topological polar surface area (TPSA) is 60.3 Å². The lowest BCUT2D eigenvalue weighted by Crippen LogP contribution is -3.12. The lowest BCUT2D eigenvalue weighted by molar-refractivity contribution is -0.872. The van der Waals surface area contributed by atoms with E-state index in [0.29, 0.717) is 11.4 Å². The van der Waals surface area contributed by atoms with Crippen LogP contribution in [0, 0.1) is 5.92 Å². The molecule has 1 aromatic carbocycles. The Kier molecular flexibility index (Phi) is 5.27. The molecule has 1 aromatic rings. The van der Waals surface area contributed by atoms with E-state index in [9.17, 15) is 9.59 Å². The van der Waals surface area contributed by atoms with Crippen LogP contribution >= 0.6 is 0 Å². The Morgan fingerprint density at radius 3 is 2.48 bits per heavy atom. The highest BCUT2D eigenvalue weighted by molar-refractivity contribution is 6.21. The second-order valence-electron chi connectivity index (χ2n) is 7.45. The third-order valence-electron chi connectivity index (χ3n) is 5.93. The van der Waals surface area contributed by atoms with Crippen molar-refractivity contribution in [3.8, 4) is 5.75 Å². The molecule has 0 unspecified atom stereocenters. The van der Waals surface area contributed by atoms with Crippen LogP contribution in [0.4, 0.5) is 5.69 Å². The predicted octanol–water partition coefficient (Wildman–Crippen LogP) is 1.32. The summed E-state index contributed by atoms with van der Waals surface area (Å²) in [6.45, 7) is 3.44. The molecule has 27 heavy (non-hydrogen) atoms. The van der Waals surface area contributed by atoms with Crippen molar-refractivity contribution >= 4 is 17.5 Å². The van der Waals surface area contributed by atoms with E-state index in [0.717, 1.165) is 45.6 Å². The van der Waals surface area contributed by atoms with E-state index >= 15 is 0 Å². The number of hydrogen-bond donors (Lipinski definition) is 1. The first-order valence-corrected chi connectivity index (χ1v) is 9.84. The largest absolute Gasteiger partial charge is 0.497 e. The molecule has 2 saturated heterocycles. The van der Waals surface area contributed by atoms with Gasteiger partial charge in [-0.05, 0) is 49.1 Å². The first-order chi connectivity index (χ1) is 13.2. The quantitative estimate of drug-likeness (QED) is 0.811. The van der Waals surface area contributed by atoms with Crippen LogP contribution < -0.4 is 14.5 Å². The van der Waals surface area contributed by atoms with Gasteiger partial charge in [0.15, 0.2) is 0 Å². The highest BCUT2D eigenvalue weighted by atomic mass is 16.5. The van der Waals surface area contributed by atoms with E-state index in [1.165, 1.54) is 27.5 Å². The number of methoxy groups -OCH3 is 1. The Bertz CT molecular complexity index is 750. The number of morpholine rings is 1. The molecular formula is C21H27N2O4+. The number of carbonyl (C=O) groups excluding carboxylic acids is 2. The molecule has 0 aromatic heterocycles. The molecule has 2 fully saturated rings. The van der Waals surface area contributed by atoms with Gasteiger partial charge in [-0.3, -0.25) is 14.5 Å².